The molecule has 3 aromatic carbocycles. The number of nitrogens with one attached hydrogen (secondary N) is 5. The lowest BCUT2D eigenvalue weighted by atomic mass is 10.1. The Morgan fingerprint density at radius 3 is 1.69 bits per heavy atom. The second-order valence-electron chi connectivity index (χ2n) is 10.6. The Labute approximate surface area is 284 Å². The van der Waals surface area contributed by atoms with Crippen LogP contribution in [0, 0.1) is 0 Å². The lowest BCUT2D eigenvalue weighted by Crippen LogP contribution is -2.52. The van der Waals surface area contributed by atoms with Gasteiger partial charge < -0.3 is 40.8 Å². The van der Waals surface area contributed by atoms with E-state index in [-0.39, 0.29) is 26.4 Å². The highest BCUT2D eigenvalue weighted by Crippen LogP contribution is 2.06. The molecule has 1 unspecified atom stereocenters. The number of hydrogen-bond acceptors (Lipinski definition) is 9. The summed E-state index contributed by atoms with van der Waals surface area (Å²) in [4.78, 5) is 74.5. The van der Waals surface area contributed by atoms with Crippen molar-refractivity contribution in [3.63, 3.8) is 0 Å². The minimum absolute atomic E-state index is 0.0301. The maximum atomic E-state index is 13.0. The first-order valence-corrected chi connectivity index (χ1v) is 15.6. The number of alkyl carbamates (subject to hydrolysis) is 1. The van der Waals surface area contributed by atoms with Crippen molar-refractivity contribution >= 4 is 35.7 Å². The molecule has 5 N–H and O–H groups in total. The van der Waals surface area contributed by atoms with Crippen LogP contribution in [0.15, 0.2) is 91.0 Å². The smallest absolute Gasteiger partial charge is 0.407 e. The van der Waals surface area contributed by atoms with Crippen molar-refractivity contribution in [3.05, 3.63) is 108 Å². The van der Waals surface area contributed by atoms with Crippen LogP contribution in [0.3, 0.4) is 0 Å². The van der Waals surface area contributed by atoms with E-state index in [0.717, 1.165) is 16.7 Å². The predicted molar refractivity (Wildman–Crippen MR) is 177 cm³/mol. The molecule has 14 nitrogen and oxygen atoms in total. The summed E-state index contributed by atoms with van der Waals surface area (Å²) in [6.07, 6.45) is -1.27. The molecule has 0 saturated heterocycles. The van der Waals surface area contributed by atoms with Crippen LogP contribution in [0.25, 0.3) is 0 Å². The first kappa shape index (κ1) is 37.7. The summed E-state index contributed by atoms with van der Waals surface area (Å²) in [6, 6.07) is 26.0. The summed E-state index contributed by atoms with van der Waals surface area (Å²) in [7, 11) is 0. The van der Waals surface area contributed by atoms with Crippen molar-refractivity contribution in [2.24, 2.45) is 0 Å². The molecule has 0 fully saturated rings. The standard InChI is InChI=1S/C35H41N5O9/c1-2-29(34(45)47-22-26-14-8-4-9-15-26)49-24-39-31(42)19-37-33(44)28(18-25-12-6-3-7-13-25)40-32(43)21-36-30(41)20-38-35(46)48-23-27-16-10-5-11-17-27/h3-17,28-29H,2,18-24H2,1H3,(H,36,41)(H,37,44)(H,38,46)(H,39,42)(H,40,43)/t28-,29?/m0/s1. The molecule has 3 rings (SSSR count). The van der Waals surface area contributed by atoms with E-state index in [1.54, 1.807) is 61.5 Å². The molecule has 260 valence electrons. The summed E-state index contributed by atoms with van der Waals surface area (Å²) in [5.74, 6) is -3.11. The average molecular weight is 676 g/mol. The molecule has 0 bridgehead atoms. The number of carbonyl (C=O) groups excluding carboxylic acids is 6. The molecule has 2 atom stereocenters. The van der Waals surface area contributed by atoms with Crippen molar-refractivity contribution in [1.82, 2.24) is 26.6 Å². The van der Waals surface area contributed by atoms with Crippen molar-refractivity contribution in [2.45, 2.75) is 45.1 Å². The SMILES string of the molecule is CCC(OCNC(=O)CNC(=O)[C@H](Cc1ccccc1)NC(=O)CNC(=O)CNC(=O)OCc1ccccc1)C(=O)OCc1ccccc1. The molecular weight excluding hydrogens is 634 g/mol. The van der Waals surface area contributed by atoms with Gasteiger partial charge in [0.2, 0.25) is 23.6 Å². The van der Waals surface area contributed by atoms with E-state index >= 15 is 0 Å². The van der Waals surface area contributed by atoms with Crippen LogP contribution in [-0.4, -0.2) is 74.2 Å². The number of hydrogen-bond donors (Lipinski definition) is 5. The van der Waals surface area contributed by atoms with Gasteiger partial charge in [-0.3, -0.25) is 19.2 Å². The number of benzene rings is 3. The van der Waals surface area contributed by atoms with Crippen LogP contribution in [0.4, 0.5) is 4.79 Å². The van der Waals surface area contributed by atoms with Gasteiger partial charge in [-0.25, -0.2) is 9.59 Å². The molecule has 14 heteroatoms. The zero-order valence-corrected chi connectivity index (χ0v) is 27.1. The molecule has 0 aliphatic heterocycles. The largest absolute Gasteiger partial charge is 0.459 e. The van der Waals surface area contributed by atoms with Gasteiger partial charge >= 0.3 is 12.1 Å². The molecule has 0 aliphatic rings. The zero-order chi connectivity index (χ0) is 35.3. The molecular formula is C35H41N5O9. The van der Waals surface area contributed by atoms with Gasteiger partial charge in [-0.15, -0.1) is 0 Å². The molecule has 3 aromatic rings. The van der Waals surface area contributed by atoms with Crippen molar-refractivity contribution < 1.29 is 43.0 Å². The fourth-order valence-electron chi connectivity index (χ4n) is 4.22. The Bertz CT molecular complexity index is 1510. The van der Waals surface area contributed by atoms with E-state index in [9.17, 15) is 28.8 Å². The number of carbonyl (C=O) groups is 6. The predicted octanol–water partition coefficient (Wildman–Crippen LogP) is 1.49. The zero-order valence-electron chi connectivity index (χ0n) is 27.1. The van der Waals surface area contributed by atoms with E-state index < -0.39 is 67.5 Å². The first-order valence-electron chi connectivity index (χ1n) is 15.6. The fourth-order valence-corrected chi connectivity index (χ4v) is 4.22. The van der Waals surface area contributed by atoms with Crippen molar-refractivity contribution in [3.8, 4) is 0 Å². The topological polar surface area (TPSA) is 190 Å². The summed E-state index contributed by atoms with van der Waals surface area (Å²) < 4.78 is 15.8. The second kappa shape index (κ2) is 21.2. The lowest BCUT2D eigenvalue weighted by Gasteiger charge is -2.19. The van der Waals surface area contributed by atoms with Gasteiger partial charge in [0.15, 0.2) is 6.10 Å². The Kier molecular flexibility index (Phi) is 16.3. The maximum absolute atomic E-state index is 13.0. The molecule has 0 aromatic heterocycles. The third kappa shape index (κ3) is 15.1. The molecule has 0 aliphatic carbocycles. The average Bonchev–Trinajstić information content (AvgIpc) is 3.13. The summed E-state index contributed by atoms with van der Waals surface area (Å²) in [5, 5.41) is 12.2. The van der Waals surface area contributed by atoms with Gasteiger partial charge in [0.25, 0.3) is 0 Å². The quantitative estimate of drug-likeness (QED) is 0.0926. The third-order valence-corrected chi connectivity index (χ3v) is 6.82. The summed E-state index contributed by atoms with van der Waals surface area (Å²) in [6.45, 7) is 0.239. The molecule has 0 heterocycles. The van der Waals surface area contributed by atoms with Crippen LogP contribution in [0.1, 0.15) is 30.0 Å². The highest BCUT2D eigenvalue weighted by atomic mass is 16.6. The van der Waals surface area contributed by atoms with E-state index in [1.807, 2.05) is 36.4 Å². The third-order valence-electron chi connectivity index (χ3n) is 6.82. The van der Waals surface area contributed by atoms with Crippen LogP contribution in [0.5, 0.6) is 0 Å². The normalized spacial score (nSPS) is 11.6. The number of rotatable bonds is 19. The van der Waals surface area contributed by atoms with Crippen LogP contribution in [-0.2, 0) is 57.8 Å². The number of ether oxygens (including phenoxy) is 3. The van der Waals surface area contributed by atoms with Crippen LogP contribution in [0.2, 0.25) is 0 Å². The van der Waals surface area contributed by atoms with E-state index in [0.29, 0.717) is 6.42 Å². The van der Waals surface area contributed by atoms with E-state index in [1.165, 1.54) is 0 Å². The molecule has 49 heavy (non-hydrogen) atoms. The number of esters is 1. The lowest BCUT2D eigenvalue weighted by molar-refractivity contribution is -0.160. The minimum atomic E-state index is -1.08. The van der Waals surface area contributed by atoms with Crippen molar-refractivity contribution in [2.75, 3.05) is 26.4 Å². The number of amides is 5. The fraction of sp³-hybridized carbons (Fsp3) is 0.314. The van der Waals surface area contributed by atoms with Gasteiger partial charge in [-0.05, 0) is 23.1 Å². The van der Waals surface area contributed by atoms with E-state index in [2.05, 4.69) is 26.6 Å². The Hall–Kier alpha value is -5.76. The van der Waals surface area contributed by atoms with E-state index in [4.69, 9.17) is 14.2 Å². The summed E-state index contributed by atoms with van der Waals surface area (Å²) >= 11 is 0. The van der Waals surface area contributed by atoms with Crippen LogP contribution >= 0.6 is 0 Å². The van der Waals surface area contributed by atoms with Gasteiger partial charge in [0.05, 0.1) is 13.1 Å². The molecule has 5 amide bonds. The molecule has 0 saturated carbocycles. The second-order valence-corrected chi connectivity index (χ2v) is 10.6. The Morgan fingerprint density at radius 1 is 0.592 bits per heavy atom. The van der Waals surface area contributed by atoms with Gasteiger partial charge in [-0.2, -0.15) is 0 Å². The highest BCUT2D eigenvalue weighted by Gasteiger charge is 2.23. The van der Waals surface area contributed by atoms with Gasteiger partial charge in [0, 0.05) is 6.42 Å². The minimum Gasteiger partial charge on any atom is -0.459 e. The van der Waals surface area contributed by atoms with Crippen molar-refractivity contribution in [1.29, 1.82) is 0 Å². The maximum Gasteiger partial charge on any atom is 0.407 e. The summed E-state index contributed by atoms with van der Waals surface area (Å²) in [5.41, 5.74) is 2.35. The molecule has 0 radical (unpaired) electrons. The molecule has 0 spiro atoms. The van der Waals surface area contributed by atoms with Crippen LogP contribution < -0.4 is 26.6 Å². The van der Waals surface area contributed by atoms with Gasteiger partial charge in [0.1, 0.15) is 32.5 Å². The Balaban J connectivity index is 1.39. The monoisotopic (exact) mass is 675 g/mol. The first-order chi connectivity index (χ1) is 23.7. The Morgan fingerprint density at radius 2 is 1.10 bits per heavy atom. The highest BCUT2D eigenvalue weighted by molar-refractivity contribution is 5.92. The van der Waals surface area contributed by atoms with Gasteiger partial charge in [-0.1, -0.05) is 97.9 Å².